The highest BCUT2D eigenvalue weighted by Crippen LogP contribution is 2.33. The van der Waals surface area contributed by atoms with E-state index in [1.54, 1.807) is 11.3 Å². The Bertz CT molecular complexity index is 652. The fourth-order valence-corrected chi connectivity index (χ4v) is 3.59. The van der Waals surface area contributed by atoms with Gasteiger partial charge < -0.3 is 4.90 Å². The van der Waals surface area contributed by atoms with Gasteiger partial charge in [0.15, 0.2) is 0 Å². The zero-order valence-electron chi connectivity index (χ0n) is 12.2. The molecule has 2 aromatic heterocycles. The first-order chi connectivity index (χ1) is 10.9. The molecule has 3 rings (SSSR count). The average Bonchev–Trinajstić information content (AvgIpc) is 3.00. The van der Waals surface area contributed by atoms with Crippen LogP contribution in [-0.4, -0.2) is 36.1 Å². The van der Waals surface area contributed by atoms with Gasteiger partial charge in [-0.15, -0.1) is 11.3 Å². The van der Waals surface area contributed by atoms with Crippen LogP contribution in [0.15, 0.2) is 29.8 Å². The van der Waals surface area contributed by atoms with Crippen LogP contribution in [0.3, 0.4) is 0 Å². The van der Waals surface area contributed by atoms with E-state index in [9.17, 15) is 13.2 Å². The minimum Gasteiger partial charge on any atom is -0.353 e. The van der Waals surface area contributed by atoms with Gasteiger partial charge in [0.05, 0.1) is 10.6 Å². The van der Waals surface area contributed by atoms with E-state index in [0.717, 1.165) is 31.9 Å². The summed E-state index contributed by atoms with van der Waals surface area (Å²) in [5.41, 5.74) is -0.817. The van der Waals surface area contributed by atoms with Crippen molar-refractivity contribution in [2.75, 3.05) is 31.1 Å². The van der Waals surface area contributed by atoms with Gasteiger partial charge >= 0.3 is 6.18 Å². The van der Waals surface area contributed by atoms with Crippen LogP contribution in [0.2, 0.25) is 5.02 Å². The number of hydrogen-bond donors (Lipinski definition) is 0. The summed E-state index contributed by atoms with van der Waals surface area (Å²) in [6.07, 6.45) is -3.58. The van der Waals surface area contributed by atoms with Gasteiger partial charge in [0.2, 0.25) is 0 Å². The summed E-state index contributed by atoms with van der Waals surface area (Å²) in [6, 6.07) is 5.08. The Morgan fingerprint density at radius 3 is 2.52 bits per heavy atom. The van der Waals surface area contributed by atoms with Gasteiger partial charge in [-0.2, -0.15) is 13.2 Å². The van der Waals surface area contributed by atoms with E-state index in [1.807, 2.05) is 11.0 Å². The topological polar surface area (TPSA) is 19.4 Å². The van der Waals surface area contributed by atoms with Crippen LogP contribution in [0.25, 0.3) is 0 Å². The van der Waals surface area contributed by atoms with Gasteiger partial charge in [-0.1, -0.05) is 17.7 Å². The van der Waals surface area contributed by atoms with Gasteiger partial charge in [0, 0.05) is 43.8 Å². The molecule has 8 heteroatoms. The van der Waals surface area contributed by atoms with Crippen molar-refractivity contribution in [3.05, 3.63) is 45.2 Å². The molecule has 0 aromatic carbocycles. The molecule has 3 nitrogen and oxygen atoms in total. The first kappa shape index (κ1) is 16.5. The van der Waals surface area contributed by atoms with Crippen LogP contribution < -0.4 is 4.90 Å². The van der Waals surface area contributed by atoms with Crippen molar-refractivity contribution in [2.45, 2.75) is 12.7 Å². The number of alkyl halides is 3. The molecule has 0 atom stereocenters. The molecule has 124 valence electrons. The first-order valence-corrected chi connectivity index (χ1v) is 8.41. The van der Waals surface area contributed by atoms with Crippen molar-refractivity contribution in [3.8, 4) is 0 Å². The summed E-state index contributed by atoms with van der Waals surface area (Å²) in [6.45, 7) is 3.96. The quantitative estimate of drug-likeness (QED) is 0.819. The van der Waals surface area contributed by atoms with E-state index in [-0.39, 0.29) is 5.02 Å². The summed E-state index contributed by atoms with van der Waals surface area (Å²) < 4.78 is 38.0. The van der Waals surface area contributed by atoms with E-state index in [2.05, 4.69) is 21.3 Å². The molecule has 3 heterocycles. The normalized spacial score (nSPS) is 16.8. The number of pyridine rings is 1. The average molecular weight is 362 g/mol. The molecule has 0 spiro atoms. The molecule has 0 N–H and O–H groups in total. The maximum Gasteiger partial charge on any atom is 0.417 e. The summed E-state index contributed by atoms with van der Waals surface area (Å²) in [5, 5.41) is 2.10. The van der Waals surface area contributed by atoms with Crippen molar-refractivity contribution < 1.29 is 13.2 Å². The van der Waals surface area contributed by atoms with Crippen LogP contribution in [0.4, 0.5) is 19.0 Å². The van der Waals surface area contributed by atoms with Crippen molar-refractivity contribution in [1.82, 2.24) is 9.88 Å². The van der Waals surface area contributed by atoms with E-state index in [0.29, 0.717) is 18.9 Å². The van der Waals surface area contributed by atoms with Crippen LogP contribution in [-0.2, 0) is 12.7 Å². The number of piperazine rings is 1. The number of aromatic nitrogens is 1. The standard InChI is InChI=1S/C15H15ClF3N3S/c16-13-8-11(15(17,18)19)9-20-14(13)22-5-3-21(4-6-22)10-12-2-1-7-23-12/h1-2,7-9H,3-6,10H2. The molecule has 23 heavy (non-hydrogen) atoms. The third-order valence-corrected chi connectivity index (χ3v) is 4.92. The second kappa shape index (κ2) is 6.67. The Kier molecular flexibility index (Phi) is 4.79. The number of hydrogen-bond acceptors (Lipinski definition) is 4. The molecule has 2 aromatic rings. The zero-order valence-corrected chi connectivity index (χ0v) is 13.8. The lowest BCUT2D eigenvalue weighted by Gasteiger charge is -2.35. The zero-order chi connectivity index (χ0) is 16.4. The van der Waals surface area contributed by atoms with Gasteiger partial charge in [-0.05, 0) is 17.5 Å². The van der Waals surface area contributed by atoms with E-state index in [1.165, 1.54) is 4.88 Å². The van der Waals surface area contributed by atoms with Crippen molar-refractivity contribution >= 4 is 28.8 Å². The lowest BCUT2D eigenvalue weighted by Crippen LogP contribution is -2.46. The third kappa shape index (κ3) is 3.97. The minimum absolute atomic E-state index is 0.0477. The molecule has 0 saturated carbocycles. The maximum atomic E-state index is 12.7. The number of thiophene rings is 1. The lowest BCUT2D eigenvalue weighted by molar-refractivity contribution is -0.137. The molecule has 0 amide bonds. The van der Waals surface area contributed by atoms with E-state index >= 15 is 0 Å². The molecule has 0 bridgehead atoms. The lowest BCUT2D eigenvalue weighted by atomic mass is 10.2. The highest BCUT2D eigenvalue weighted by atomic mass is 35.5. The second-order valence-corrected chi connectivity index (χ2v) is 6.81. The monoisotopic (exact) mass is 361 g/mol. The Hall–Kier alpha value is -1.31. The molecule has 1 saturated heterocycles. The van der Waals surface area contributed by atoms with Crippen molar-refractivity contribution in [2.24, 2.45) is 0 Å². The molecule has 1 aliphatic rings. The summed E-state index contributed by atoms with van der Waals surface area (Å²) in [7, 11) is 0. The van der Waals surface area contributed by atoms with Crippen LogP contribution in [0, 0.1) is 0 Å². The molecule has 1 aliphatic heterocycles. The molecule has 0 unspecified atom stereocenters. The minimum atomic E-state index is -4.42. The van der Waals surface area contributed by atoms with Crippen LogP contribution in [0.5, 0.6) is 0 Å². The van der Waals surface area contributed by atoms with Crippen LogP contribution >= 0.6 is 22.9 Å². The Morgan fingerprint density at radius 2 is 1.96 bits per heavy atom. The van der Waals surface area contributed by atoms with Gasteiger partial charge in [-0.25, -0.2) is 4.98 Å². The largest absolute Gasteiger partial charge is 0.417 e. The Labute approximate surface area is 141 Å². The Balaban J connectivity index is 1.63. The maximum absolute atomic E-state index is 12.7. The molecule has 0 aliphatic carbocycles. The molecular weight excluding hydrogens is 347 g/mol. The number of nitrogens with zero attached hydrogens (tertiary/aromatic N) is 3. The van der Waals surface area contributed by atoms with Crippen molar-refractivity contribution in [1.29, 1.82) is 0 Å². The van der Waals surface area contributed by atoms with Gasteiger partial charge in [0.1, 0.15) is 5.82 Å². The SMILES string of the molecule is FC(F)(F)c1cnc(N2CCN(Cc3cccs3)CC2)c(Cl)c1. The first-order valence-electron chi connectivity index (χ1n) is 7.16. The van der Waals surface area contributed by atoms with E-state index < -0.39 is 11.7 Å². The number of halogens is 4. The molecule has 0 radical (unpaired) electrons. The highest BCUT2D eigenvalue weighted by Gasteiger charge is 2.32. The van der Waals surface area contributed by atoms with Crippen molar-refractivity contribution in [3.63, 3.8) is 0 Å². The van der Waals surface area contributed by atoms with Crippen LogP contribution in [0.1, 0.15) is 10.4 Å². The fourth-order valence-electron chi connectivity index (χ4n) is 2.56. The summed E-state index contributed by atoms with van der Waals surface area (Å²) in [5.74, 6) is 0.426. The van der Waals surface area contributed by atoms with Gasteiger partial charge in [-0.3, -0.25) is 4.90 Å². The smallest absolute Gasteiger partial charge is 0.353 e. The predicted molar refractivity (Wildman–Crippen MR) is 86.1 cm³/mol. The molecular formula is C15H15ClF3N3S. The second-order valence-electron chi connectivity index (χ2n) is 5.37. The third-order valence-electron chi connectivity index (χ3n) is 3.78. The summed E-state index contributed by atoms with van der Waals surface area (Å²) in [4.78, 5) is 9.49. The predicted octanol–water partition coefficient (Wildman–Crippen LogP) is 4.14. The summed E-state index contributed by atoms with van der Waals surface area (Å²) >= 11 is 7.73. The van der Waals surface area contributed by atoms with E-state index in [4.69, 9.17) is 11.6 Å². The van der Waals surface area contributed by atoms with Gasteiger partial charge in [0.25, 0.3) is 0 Å². The molecule has 1 fully saturated rings. The number of rotatable bonds is 3. The fraction of sp³-hybridized carbons (Fsp3) is 0.400. The number of anilines is 1. The Morgan fingerprint density at radius 1 is 1.22 bits per heavy atom. The highest BCUT2D eigenvalue weighted by molar-refractivity contribution is 7.09.